The van der Waals surface area contributed by atoms with E-state index < -0.39 is 23.3 Å². The van der Waals surface area contributed by atoms with Gasteiger partial charge in [-0.3, -0.25) is 10.1 Å². The van der Waals surface area contributed by atoms with Crippen molar-refractivity contribution in [1.82, 2.24) is 31.5 Å². The molecule has 6 N–H and O–H groups in total. The van der Waals surface area contributed by atoms with Crippen LogP contribution >= 0.6 is 23.2 Å². The summed E-state index contributed by atoms with van der Waals surface area (Å²) in [5.41, 5.74) is 0.675. The number of fused-ring (bicyclic) bond motifs is 1. The van der Waals surface area contributed by atoms with Gasteiger partial charge in [0.15, 0.2) is 0 Å². The lowest BCUT2D eigenvalue weighted by Crippen LogP contribution is -2.62. The van der Waals surface area contributed by atoms with Crippen molar-refractivity contribution in [2.45, 2.75) is 42.8 Å². The predicted molar refractivity (Wildman–Crippen MR) is 116 cm³/mol. The van der Waals surface area contributed by atoms with E-state index in [1.807, 2.05) is 38.2 Å². The lowest BCUT2D eigenvalue weighted by atomic mass is 9.97. The molecule has 5 atom stereocenters. The van der Waals surface area contributed by atoms with Crippen molar-refractivity contribution in [2.24, 2.45) is 0 Å². The summed E-state index contributed by atoms with van der Waals surface area (Å²) < 4.78 is 0. The first-order valence-electron chi connectivity index (χ1n) is 9.83. The molecule has 30 heavy (non-hydrogen) atoms. The van der Waals surface area contributed by atoms with Gasteiger partial charge in [0.25, 0.3) is 0 Å². The Morgan fingerprint density at radius 2 is 2.17 bits per heavy atom. The Labute approximate surface area is 185 Å². The zero-order valence-corrected chi connectivity index (χ0v) is 18.3. The second-order valence-corrected chi connectivity index (χ2v) is 8.81. The zero-order chi connectivity index (χ0) is 21.5. The lowest BCUT2D eigenvalue weighted by Gasteiger charge is -2.44. The van der Waals surface area contributed by atoms with Gasteiger partial charge < -0.3 is 26.4 Å². The third kappa shape index (κ3) is 3.98. The van der Waals surface area contributed by atoms with Crippen LogP contribution in [0.1, 0.15) is 12.5 Å². The van der Waals surface area contributed by atoms with E-state index in [1.54, 1.807) is 17.0 Å². The van der Waals surface area contributed by atoms with Gasteiger partial charge in [0, 0.05) is 18.5 Å². The van der Waals surface area contributed by atoms with Crippen LogP contribution in [-0.4, -0.2) is 59.1 Å². The maximum absolute atomic E-state index is 12.8. The normalized spacial score (nSPS) is 33.7. The van der Waals surface area contributed by atoms with Gasteiger partial charge in [0.2, 0.25) is 5.91 Å². The molecule has 4 unspecified atom stereocenters. The summed E-state index contributed by atoms with van der Waals surface area (Å²) in [6, 6.07) is 6.81. The number of nitrogens with zero attached hydrogens (tertiary/aromatic N) is 1. The van der Waals surface area contributed by atoms with Crippen LogP contribution < -0.4 is 26.6 Å². The SMILES string of the molecule is CNC1=C[C@@H](NC2=CC(Cl)C3C(=O)NC(C)(Cc4cccc(Cl)c4)N3C2O)NCN1. The van der Waals surface area contributed by atoms with Gasteiger partial charge in [0.05, 0.1) is 29.2 Å². The third-order valence-corrected chi connectivity index (χ3v) is 6.28. The fourth-order valence-corrected chi connectivity index (χ4v) is 4.93. The Hall–Kier alpha value is -1.97. The van der Waals surface area contributed by atoms with Crippen LogP contribution in [0.25, 0.3) is 0 Å². The molecule has 3 aliphatic heterocycles. The minimum atomic E-state index is -1.03. The summed E-state index contributed by atoms with van der Waals surface area (Å²) in [5, 5.41) is 27.1. The molecule has 0 saturated carbocycles. The number of nitrogens with one attached hydrogen (secondary N) is 5. The molecule has 0 bridgehead atoms. The molecular formula is C20H26Cl2N6O2. The van der Waals surface area contributed by atoms with Crippen LogP contribution in [0.5, 0.6) is 0 Å². The highest BCUT2D eigenvalue weighted by molar-refractivity contribution is 6.30. The van der Waals surface area contributed by atoms with E-state index in [9.17, 15) is 9.90 Å². The average Bonchev–Trinajstić information content (AvgIpc) is 2.96. The first-order chi connectivity index (χ1) is 14.3. The van der Waals surface area contributed by atoms with E-state index in [0.29, 0.717) is 23.8 Å². The number of alkyl halides is 1. The topological polar surface area (TPSA) is 101 Å². The van der Waals surface area contributed by atoms with Crippen molar-refractivity contribution in [3.8, 4) is 0 Å². The molecule has 0 spiro atoms. The molecule has 3 heterocycles. The average molecular weight is 453 g/mol. The van der Waals surface area contributed by atoms with Crippen LogP contribution in [0.15, 0.2) is 47.9 Å². The standard InChI is InChI=1S/C20H26Cl2N6O2/c1-20(9-11-4-3-5-12(21)6-11)27-18(29)17-13(22)7-14(19(30)28(17)20)26-16-8-15(23-2)24-10-25-16/h3-8,13,16-17,19,23-26,30H,9-10H2,1-2H3,(H,27,29)/t13?,16-,17?,19?,20?/m1/s1. The van der Waals surface area contributed by atoms with Gasteiger partial charge in [-0.25, -0.2) is 4.90 Å². The van der Waals surface area contributed by atoms with Gasteiger partial charge in [-0.1, -0.05) is 23.7 Å². The summed E-state index contributed by atoms with van der Waals surface area (Å²) in [6.07, 6.45) is 2.88. The molecule has 1 fully saturated rings. The number of carbonyl (C=O) groups is 1. The van der Waals surface area contributed by atoms with Crippen molar-refractivity contribution in [2.75, 3.05) is 13.7 Å². The van der Waals surface area contributed by atoms with Gasteiger partial charge >= 0.3 is 0 Å². The predicted octanol–water partition coefficient (Wildman–Crippen LogP) is 0.349. The van der Waals surface area contributed by atoms with E-state index in [2.05, 4.69) is 26.6 Å². The fourth-order valence-electron chi connectivity index (χ4n) is 4.34. The Morgan fingerprint density at radius 1 is 1.37 bits per heavy atom. The molecule has 0 radical (unpaired) electrons. The quantitative estimate of drug-likeness (QED) is 0.358. The summed E-state index contributed by atoms with van der Waals surface area (Å²) in [5.74, 6) is 0.674. The van der Waals surface area contributed by atoms with Gasteiger partial charge in [-0.15, -0.1) is 11.6 Å². The van der Waals surface area contributed by atoms with Crippen LogP contribution in [-0.2, 0) is 11.2 Å². The smallest absolute Gasteiger partial charge is 0.240 e. The van der Waals surface area contributed by atoms with Gasteiger partial charge in [-0.2, -0.15) is 0 Å². The number of amides is 1. The number of benzene rings is 1. The van der Waals surface area contributed by atoms with Crippen LogP contribution in [0, 0.1) is 0 Å². The highest BCUT2D eigenvalue weighted by atomic mass is 35.5. The van der Waals surface area contributed by atoms with Crippen molar-refractivity contribution in [3.63, 3.8) is 0 Å². The van der Waals surface area contributed by atoms with Crippen molar-refractivity contribution >= 4 is 29.1 Å². The molecule has 3 aliphatic rings. The van der Waals surface area contributed by atoms with Gasteiger partial charge in [0.1, 0.15) is 18.4 Å². The second kappa shape index (κ2) is 8.28. The number of hydrogen-bond donors (Lipinski definition) is 6. The van der Waals surface area contributed by atoms with Crippen molar-refractivity contribution < 1.29 is 9.90 Å². The molecule has 0 aliphatic carbocycles. The number of aliphatic hydroxyl groups excluding tert-OH is 1. The number of rotatable bonds is 5. The summed E-state index contributed by atoms with van der Waals surface area (Å²) >= 11 is 12.7. The monoisotopic (exact) mass is 452 g/mol. The Kier molecular flexibility index (Phi) is 5.87. The molecule has 0 aromatic heterocycles. The minimum Gasteiger partial charge on any atom is -0.375 e. The maximum Gasteiger partial charge on any atom is 0.240 e. The maximum atomic E-state index is 12.8. The highest BCUT2D eigenvalue weighted by Crippen LogP contribution is 2.37. The molecule has 8 nitrogen and oxygen atoms in total. The Morgan fingerprint density at radius 3 is 2.90 bits per heavy atom. The molecule has 4 rings (SSSR count). The molecule has 1 saturated heterocycles. The lowest BCUT2D eigenvalue weighted by molar-refractivity contribution is -0.123. The molecule has 1 aromatic carbocycles. The van der Waals surface area contributed by atoms with Crippen molar-refractivity contribution in [3.05, 3.63) is 58.5 Å². The van der Waals surface area contributed by atoms with Crippen LogP contribution in [0.4, 0.5) is 0 Å². The largest absolute Gasteiger partial charge is 0.375 e. The summed E-state index contributed by atoms with van der Waals surface area (Å²) in [6.45, 7) is 2.46. The van der Waals surface area contributed by atoms with Crippen LogP contribution in [0.3, 0.4) is 0 Å². The Balaban J connectivity index is 1.60. The number of halogens is 2. The second-order valence-electron chi connectivity index (χ2n) is 7.87. The van der Waals surface area contributed by atoms with E-state index in [0.717, 1.165) is 11.4 Å². The van der Waals surface area contributed by atoms with E-state index in [4.69, 9.17) is 23.2 Å². The summed E-state index contributed by atoms with van der Waals surface area (Å²) in [7, 11) is 1.83. The molecular weight excluding hydrogens is 427 g/mol. The first-order valence-corrected chi connectivity index (χ1v) is 10.6. The third-order valence-electron chi connectivity index (χ3n) is 5.68. The Bertz CT molecular complexity index is 894. The number of hydrogen-bond acceptors (Lipinski definition) is 7. The van der Waals surface area contributed by atoms with Crippen LogP contribution in [0.2, 0.25) is 5.02 Å². The van der Waals surface area contributed by atoms with E-state index in [-0.39, 0.29) is 12.1 Å². The molecule has 1 amide bonds. The first kappa shape index (κ1) is 21.3. The van der Waals surface area contributed by atoms with E-state index >= 15 is 0 Å². The zero-order valence-electron chi connectivity index (χ0n) is 16.7. The fraction of sp³-hybridized carbons (Fsp3) is 0.450. The van der Waals surface area contributed by atoms with Crippen molar-refractivity contribution in [1.29, 1.82) is 0 Å². The molecule has 162 valence electrons. The molecule has 1 aromatic rings. The number of aliphatic hydroxyl groups is 1. The highest BCUT2D eigenvalue weighted by Gasteiger charge is 2.55. The number of carbonyl (C=O) groups excluding carboxylic acids is 1. The molecule has 10 heteroatoms. The van der Waals surface area contributed by atoms with E-state index in [1.165, 1.54) is 0 Å². The van der Waals surface area contributed by atoms with Gasteiger partial charge in [-0.05, 0) is 36.8 Å². The summed E-state index contributed by atoms with van der Waals surface area (Å²) in [4.78, 5) is 14.5. The minimum absolute atomic E-state index is 0.203.